The van der Waals surface area contributed by atoms with Crippen molar-refractivity contribution in [2.75, 3.05) is 6.61 Å². The smallest absolute Gasteiger partial charge is 0.344 e. The zero-order chi connectivity index (χ0) is 12.1. The van der Waals surface area contributed by atoms with Crippen LogP contribution >= 0.6 is 0 Å². The molecule has 0 radical (unpaired) electrons. The monoisotopic (exact) mass is 258 g/mol. The molecule has 0 aromatic heterocycles. The molecule has 92 valence electrons. The molecule has 0 aromatic rings. The van der Waals surface area contributed by atoms with E-state index in [2.05, 4.69) is 13.2 Å². The highest BCUT2D eigenvalue weighted by Crippen LogP contribution is 2.35. The standard InChI is InChI=1S/C11H22O3Si2/c1-3-5-9-15(10-6-4-2)14-8-7-11-16(15,12)13/h3-4,12-13H,1-2,5-11H2. The van der Waals surface area contributed by atoms with Crippen LogP contribution in [0.4, 0.5) is 0 Å². The minimum Gasteiger partial charge on any atom is -0.414 e. The van der Waals surface area contributed by atoms with E-state index in [1.807, 2.05) is 12.2 Å². The molecular weight excluding hydrogens is 236 g/mol. The molecule has 0 amide bonds. The van der Waals surface area contributed by atoms with Crippen molar-refractivity contribution >= 4 is 15.9 Å². The molecule has 1 rings (SSSR count). The van der Waals surface area contributed by atoms with Crippen molar-refractivity contribution in [3.63, 3.8) is 0 Å². The Morgan fingerprint density at radius 1 is 1.12 bits per heavy atom. The molecule has 1 saturated heterocycles. The van der Waals surface area contributed by atoms with Crippen LogP contribution in [0.1, 0.15) is 19.3 Å². The zero-order valence-corrected chi connectivity index (χ0v) is 11.8. The van der Waals surface area contributed by atoms with Gasteiger partial charge < -0.3 is 14.0 Å². The first-order valence-electron chi connectivity index (χ1n) is 5.88. The largest absolute Gasteiger partial charge is 0.414 e. The molecule has 1 aliphatic rings. The van der Waals surface area contributed by atoms with Crippen LogP contribution < -0.4 is 0 Å². The lowest BCUT2D eigenvalue weighted by atomic mass is 10.5. The van der Waals surface area contributed by atoms with Crippen LogP contribution in [-0.4, -0.2) is 32.1 Å². The van der Waals surface area contributed by atoms with E-state index < -0.39 is 15.9 Å². The summed E-state index contributed by atoms with van der Waals surface area (Å²) < 4.78 is 5.89. The summed E-state index contributed by atoms with van der Waals surface area (Å²) in [5, 5.41) is 0. The Labute approximate surface area is 99.6 Å². The van der Waals surface area contributed by atoms with Gasteiger partial charge in [0.25, 0.3) is 0 Å². The summed E-state index contributed by atoms with van der Waals surface area (Å²) in [4.78, 5) is 20.6. The molecular formula is C11H22O3Si2. The van der Waals surface area contributed by atoms with Crippen LogP contribution in [0.2, 0.25) is 18.1 Å². The van der Waals surface area contributed by atoms with Gasteiger partial charge in [-0.05, 0) is 37.4 Å². The van der Waals surface area contributed by atoms with Crippen LogP contribution in [-0.2, 0) is 4.43 Å². The fourth-order valence-corrected chi connectivity index (χ4v) is 13.0. The first-order valence-corrected chi connectivity index (χ1v) is 11.3. The van der Waals surface area contributed by atoms with Gasteiger partial charge >= 0.3 is 8.08 Å². The Morgan fingerprint density at radius 2 is 1.69 bits per heavy atom. The third-order valence-corrected chi connectivity index (χ3v) is 15.8. The summed E-state index contributed by atoms with van der Waals surface area (Å²) in [5.74, 6) is 0. The summed E-state index contributed by atoms with van der Waals surface area (Å²) >= 11 is 0. The predicted molar refractivity (Wildman–Crippen MR) is 70.6 cm³/mol. The van der Waals surface area contributed by atoms with E-state index in [4.69, 9.17) is 4.43 Å². The molecule has 0 aromatic carbocycles. The molecule has 1 heterocycles. The molecule has 0 spiro atoms. The fourth-order valence-electron chi connectivity index (χ4n) is 2.27. The molecule has 0 aliphatic carbocycles. The van der Waals surface area contributed by atoms with Gasteiger partial charge in [-0.15, -0.1) is 13.2 Å². The van der Waals surface area contributed by atoms with Crippen LogP contribution in [0.5, 0.6) is 0 Å². The van der Waals surface area contributed by atoms with Crippen molar-refractivity contribution in [3.8, 4) is 0 Å². The average molecular weight is 258 g/mol. The molecule has 0 unspecified atom stereocenters. The van der Waals surface area contributed by atoms with E-state index in [0.29, 0.717) is 12.7 Å². The lowest BCUT2D eigenvalue weighted by Crippen LogP contribution is -2.67. The van der Waals surface area contributed by atoms with Gasteiger partial charge in [-0.25, -0.2) is 0 Å². The molecule has 1 fully saturated rings. The molecule has 0 bridgehead atoms. The Kier molecular flexibility index (Phi) is 5.13. The highest BCUT2D eigenvalue weighted by molar-refractivity contribution is 7.33. The molecule has 3 nitrogen and oxygen atoms in total. The lowest BCUT2D eigenvalue weighted by Gasteiger charge is -2.42. The number of allylic oxidation sites excluding steroid dienone is 2. The van der Waals surface area contributed by atoms with Crippen LogP contribution in [0, 0.1) is 0 Å². The van der Waals surface area contributed by atoms with Crippen molar-refractivity contribution in [1.82, 2.24) is 0 Å². The molecule has 1 aliphatic heterocycles. The van der Waals surface area contributed by atoms with Gasteiger partial charge in [0.2, 0.25) is 7.83 Å². The first kappa shape index (κ1) is 13.9. The topological polar surface area (TPSA) is 49.7 Å². The Bertz CT molecular complexity index is 242. The highest BCUT2D eigenvalue weighted by atomic mass is 29.3. The van der Waals surface area contributed by atoms with Crippen LogP contribution in [0.3, 0.4) is 0 Å². The van der Waals surface area contributed by atoms with Gasteiger partial charge in [-0.3, -0.25) is 0 Å². The van der Waals surface area contributed by atoms with Crippen molar-refractivity contribution in [3.05, 3.63) is 25.3 Å². The number of hydrogen-bond donors (Lipinski definition) is 2. The van der Waals surface area contributed by atoms with Gasteiger partial charge in [0.15, 0.2) is 0 Å². The number of rotatable bonds is 6. The molecule has 5 heteroatoms. The molecule has 0 saturated carbocycles. The minimum absolute atomic E-state index is 0.577. The lowest BCUT2D eigenvalue weighted by molar-refractivity contribution is 0.256. The number of hydrogen-bond acceptors (Lipinski definition) is 3. The fraction of sp³-hybridized carbons (Fsp3) is 0.636. The van der Waals surface area contributed by atoms with Crippen molar-refractivity contribution in [2.24, 2.45) is 0 Å². The predicted octanol–water partition coefficient (Wildman–Crippen LogP) is 2.01. The van der Waals surface area contributed by atoms with Crippen molar-refractivity contribution < 1.29 is 14.0 Å². The first-order chi connectivity index (χ1) is 7.58. The van der Waals surface area contributed by atoms with Crippen molar-refractivity contribution in [1.29, 1.82) is 0 Å². The second-order valence-corrected chi connectivity index (χ2v) is 15.0. The summed E-state index contributed by atoms with van der Waals surface area (Å²) in [6.45, 7) is 8.10. The highest BCUT2D eigenvalue weighted by Gasteiger charge is 2.57. The summed E-state index contributed by atoms with van der Waals surface area (Å²) in [6.07, 6.45) is 6.10. The summed E-state index contributed by atoms with van der Waals surface area (Å²) in [7, 11) is -5.47. The van der Waals surface area contributed by atoms with Crippen LogP contribution in [0.25, 0.3) is 0 Å². The maximum Gasteiger partial charge on any atom is 0.344 e. The maximum atomic E-state index is 10.3. The van der Waals surface area contributed by atoms with E-state index in [9.17, 15) is 9.59 Å². The van der Waals surface area contributed by atoms with E-state index in [0.717, 1.165) is 31.4 Å². The van der Waals surface area contributed by atoms with E-state index in [-0.39, 0.29) is 0 Å². The Balaban J connectivity index is 2.80. The van der Waals surface area contributed by atoms with Gasteiger partial charge in [-0.2, -0.15) is 0 Å². The normalized spacial score (nSPS) is 22.6. The second-order valence-electron chi connectivity index (χ2n) is 4.42. The van der Waals surface area contributed by atoms with E-state index in [1.54, 1.807) is 0 Å². The Hall–Kier alpha value is -0.206. The van der Waals surface area contributed by atoms with E-state index in [1.165, 1.54) is 0 Å². The average Bonchev–Trinajstić information content (AvgIpc) is 2.26. The Morgan fingerprint density at radius 3 is 2.12 bits per heavy atom. The SMILES string of the molecule is C=CCC[Si]1(CCC=C)OCCC[Si]1(O)O. The van der Waals surface area contributed by atoms with Gasteiger partial charge in [0.1, 0.15) is 0 Å². The zero-order valence-electron chi connectivity index (χ0n) is 9.82. The van der Waals surface area contributed by atoms with Crippen molar-refractivity contribution in [2.45, 2.75) is 37.4 Å². The third-order valence-electron chi connectivity index (χ3n) is 3.28. The van der Waals surface area contributed by atoms with Gasteiger partial charge in [0.05, 0.1) is 0 Å². The van der Waals surface area contributed by atoms with Gasteiger partial charge in [-0.1, -0.05) is 12.2 Å². The molecule has 0 atom stereocenters. The maximum absolute atomic E-state index is 10.3. The third kappa shape index (κ3) is 2.92. The van der Waals surface area contributed by atoms with Crippen LogP contribution in [0.15, 0.2) is 25.3 Å². The quantitative estimate of drug-likeness (QED) is 0.566. The summed E-state index contributed by atoms with van der Waals surface area (Å²) in [5.41, 5.74) is 0. The molecule has 2 N–H and O–H groups in total. The van der Waals surface area contributed by atoms with E-state index >= 15 is 0 Å². The second kappa shape index (κ2) is 5.93. The van der Waals surface area contributed by atoms with Gasteiger partial charge in [0, 0.05) is 6.61 Å². The summed E-state index contributed by atoms with van der Waals surface area (Å²) in [6, 6.07) is 2.17. The minimum atomic E-state index is -3.12. The molecule has 16 heavy (non-hydrogen) atoms.